The van der Waals surface area contributed by atoms with Crippen molar-refractivity contribution in [3.63, 3.8) is 0 Å². The van der Waals surface area contributed by atoms with Gasteiger partial charge in [-0.1, -0.05) is 44.2 Å². The van der Waals surface area contributed by atoms with Gasteiger partial charge in [0.15, 0.2) is 0 Å². The van der Waals surface area contributed by atoms with E-state index >= 15 is 0 Å². The van der Waals surface area contributed by atoms with Crippen LogP contribution in [-0.4, -0.2) is 35.1 Å². The van der Waals surface area contributed by atoms with Crippen molar-refractivity contribution in [3.05, 3.63) is 35.9 Å². The Morgan fingerprint density at radius 1 is 1.26 bits per heavy atom. The van der Waals surface area contributed by atoms with Crippen LogP contribution in [-0.2, 0) is 4.79 Å². The van der Waals surface area contributed by atoms with Gasteiger partial charge in [-0.25, -0.2) is 0 Å². The minimum Gasteiger partial charge on any atom is -0.395 e. The Kier molecular flexibility index (Phi) is 6.53. The Morgan fingerprint density at radius 2 is 1.84 bits per heavy atom. The first kappa shape index (κ1) is 15.7. The molecule has 0 aliphatic carbocycles. The Bertz CT molecular complexity index is 377. The molecule has 106 valence electrons. The summed E-state index contributed by atoms with van der Waals surface area (Å²) in [6.07, 6.45) is 1.73. The number of carbonyl (C=O) groups is 1. The molecule has 1 atom stereocenters. The number of aliphatic hydroxyl groups excluding tert-OH is 1. The van der Waals surface area contributed by atoms with E-state index in [1.807, 2.05) is 44.2 Å². The molecular weight excluding hydrogens is 240 g/mol. The van der Waals surface area contributed by atoms with Crippen molar-refractivity contribution < 1.29 is 9.90 Å². The molecular formula is C15H24N2O2. The predicted molar refractivity (Wildman–Crippen MR) is 76.5 cm³/mol. The van der Waals surface area contributed by atoms with Gasteiger partial charge in [-0.3, -0.25) is 4.79 Å². The van der Waals surface area contributed by atoms with Crippen LogP contribution in [0.3, 0.4) is 0 Å². The first-order chi connectivity index (χ1) is 9.15. The van der Waals surface area contributed by atoms with Gasteiger partial charge in [0.1, 0.15) is 6.04 Å². The zero-order valence-corrected chi connectivity index (χ0v) is 11.7. The first-order valence-electron chi connectivity index (χ1n) is 6.87. The second-order valence-electron chi connectivity index (χ2n) is 4.61. The molecule has 0 aliphatic heterocycles. The lowest BCUT2D eigenvalue weighted by molar-refractivity contribution is -0.135. The summed E-state index contributed by atoms with van der Waals surface area (Å²) in [5, 5.41) is 9.14. The van der Waals surface area contributed by atoms with Crippen LogP contribution in [0.5, 0.6) is 0 Å². The highest BCUT2D eigenvalue weighted by Crippen LogP contribution is 2.17. The molecule has 0 radical (unpaired) electrons. The van der Waals surface area contributed by atoms with Crippen LogP contribution in [0.2, 0.25) is 0 Å². The zero-order valence-electron chi connectivity index (χ0n) is 11.7. The quantitative estimate of drug-likeness (QED) is 0.787. The Balaban J connectivity index is 2.87. The number of hydrogen-bond acceptors (Lipinski definition) is 3. The monoisotopic (exact) mass is 264 g/mol. The zero-order chi connectivity index (χ0) is 14.3. The third kappa shape index (κ3) is 4.04. The predicted octanol–water partition coefficient (Wildman–Crippen LogP) is 1.70. The largest absolute Gasteiger partial charge is 0.395 e. The molecule has 1 rings (SSSR count). The number of rotatable bonds is 7. The lowest BCUT2D eigenvalue weighted by Gasteiger charge is -2.32. The maximum atomic E-state index is 12.5. The van der Waals surface area contributed by atoms with Crippen molar-refractivity contribution in [3.8, 4) is 0 Å². The van der Waals surface area contributed by atoms with E-state index in [1.54, 1.807) is 4.90 Å². The highest BCUT2D eigenvalue weighted by Gasteiger charge is 2.26. The molecule has 0 aliphatic rings. The van der Waals surface area contributed by atoms with Crippen molar-refractivity contribution in [2.24, 2.45) is 5.73 Å². The molecule has 0 spiro atoms. The highest BCUT2D eigenvalue weighted by atomic mass is 16.3. The van der Waals surface area contributed by atoms with Crippen molar-refractivity contribution in [2.75, 3.05) is 13.2 Å². The molecule has 0 fully saturated rings. The van der Waals surface area contributed by atoms with E-state index in [0.29, 0.717) is 6.54 Å². The van der Waals surface area contributed by atoms with Gasteiger partial charge in [0, 0.05) is 12.6 Å². The topological polar surface area (TPSA) is 66.6 Å². The Labute approximate surface area is 115 Å². The van der Waals surface area contributed by atoms with Crippen LogP contribution < -0.4 is 5.73 Å². The molecule has 4 nitrogen and oxygen atoms in total. The number of carbonyl (C=O) groups excluding carboxylic acids is 1. The number of aliphatic hydroxyl groups is 1. The van der Waals surface area contributed by atoms with Gasteiger partial charge >= 0.3 is 0 Å². The second-order valence-corrected chi connectivity index (χ2v) is 4.61. The van der Waals surface area contributed by atoms with Crippen LogP contribution in [0.25, 0.3) is 0 Å². The van der Waals surface area contributed by atoms with Crippen molar-refractivity contribution >= 4 is 5.91 Å². The van der Waals surface area contributed by atoms with Gasteiger partial charge in [-0.15, -0.1) is 0 Å². The molecule has 0 aromatic heterocycles. The van der Waals surface area contributed by atoms with Crippen molar-refractivity contribution in [1.29, 1.82) is 0 Å². The van der Waals surface area contributed by atoms with E-state index in [1.165, 1.54) is 0 Å². The van der Waals surface area contributed by atoms with Gasteiger partial charge in [0.25, 0.3) is 0 Å². The molecule has 1 aromatic rings. The molecule has 0 bridgehead atoms. The summed E-state index contributed by atoms with van der Waals surface area (Å²) < 4.78 is 0. The molecule has 1 unspecified atom stereocenters. The summed E-state index contributed by atoms with van der Waals surface area (Å²) in [6.45, 7) is 4.38. The van der Waals surface area contributed by atoms with Crippen LogP contribution >= 0.6 is 0 Å². The van der Waals surface area contributed by atoms with E-state index < -0.39 is 6.04 Å². The summed E-state index contributed by atoms with van der Waals surface area (Å²) in [5.74, 6) is -0.117. The highest BCUT2D eigenvalue weighted by molar-refractivity contribution is 5.83. The van der Waals surface area contributed by atoms with Crippen LogP contribution in [0.4, 0.5) is 0 Å². The second kappa shape index (κ2) is 7.92. The fourth-order valence-corrected chi connectivity index (χ4v) is 2.29. The lowest BCUT2D eigenvalue weighted by Crippen LogP contribution is -2.46. The fraction of sp³-hybridized carbons (Fsp3) is 0.533. The first-order valence-corrected chi connectivity index (χ1v) is 6.87. The van der Waals surface area contributed by atoms with Gasteiger partial charge < -0.3 is 15.7 Å². The van der Waals surface area contributed by atoms with Crippen LogP contribution in [0, 0.1) is 0 Å². The molecule has 0 saturated carbocycles. The van der Waals surface area contributed by atoms with E-state index in [4.69, 9.17) is 10.8 Å². The normalized spacial score (nSPS) is 12.5. The van der Waals surface area contributed by atoms with Crippen molar-refractivity contribution in [2.45, 2.75) is 38.8 Å². The molecule has 0 saturated heterocycles. The summed E-state index contributed by atoms with van der Waals surface area (Å²) in [5.41, 5.74) is 6.85. The Hall–Kier alpha value is -1.39. The van der Waals surface area contributed by atoms with Gasteiger partial charge in [-0.05, 0) is 18.4 Å². The van der Waals surface area contributed by atoms with E-state index in [-0.39, 0.29) is 18.6 Å². The van der Waals surface area contributed by atoms with E-state index in [0.717, 1.165) is 18.4 Å². The molecule has 4 heteroatoms. The number of nitrogens with two attached hydrogens (primary N) is 1. The van der Waals surface area contributed by atoms with Crippen molar-refractivity contribution in [1.82, 2.24) is 4.90 Å². The Morgan fingerprint density at radius 3 is 2.32 bits per heavy atom. The minimum absolute atomic E-state index is 0.0379. The van der Waals surface area contributed by atoms with Gasteiger partial charge in [-0.2, -0.15) is 0 Å². The van der Waals surface area contributed by atoms with E-state index in [2.05, 4.69) is 0 Å². The van der Waals surface area contributed by atoms with Gasteiger partial charge in [0.05, 0.1) is 6.61 Å². The smallest absolute Gasteiger partial charge is 0.244 e. The average Bonchev–Trinajstić information content (AvgIpc) is 2.47. The minimum atomic E-state index is -0.659. The standard InChI is InChI=1S/C15H24N2O2/c1-3-13(4-2)17(10-11-18)15(19)14(16)12-8-6-5-7-9-12/h5-9,13-14,18H,3-4,10-11,16H2,1-2H3. The maximum Gasteiger partial charge on any atom is 0.244 e. The molecule has 0 heterocycles. The molecule has 3 N–H and O–H groups in total. The number of nitrogens with zero attached hydrogens (tertiary/aromatic N) is 1. The molecule has 19 heavy (non-hydrogen) atoms. The molecule has 1 amide bonds. The van der Waals surface area contributed by atoms with Crippen LogP contribution in [0.15, 0.2) is 30.3 Å². The third-order valence-corrected chi connectivity index (χ3v) is 3.43. The van der Waals surface area contributed by atoms with Gasteiger partial charge in [0.2, 0.25) is 5.91 Å². The summed E-state index contributed by atoms with van der Waals surface area (Å²) in [6, 6.07) is 8.82. The number of benzene rings is 1. The number of amides is 1. The van der Waals surface area contributed by atoms with E-state index in [9.17, 15) is 4.79 Å². The summed E-state index contributed by atoms with van der Waals surface area (Å²) in [4.78, 5) is 14.2. The maximum absolute atomic E-state index is 12.5. The summed E-state index contributed by atoms with van der Waals surface area (Å²) in [7, 11) is 0. The average molecular weight is 264 g/mol. The lowest BCUT2D eigenvalue weighted by atomic mass is 10.0. The third-order valence-electron chi connectivity index (χ3n) is 3.43. The summed E-state index contributed by atoms with van der Waals surface area (Å²) >= 11 is 0. The molecule has 1 aromatic carbocycles. The number of hydrogen-bond donors (Lipinski definition) is 2. The van der Waals surface area contributed by atoms with Crippen LogP contribution in [0.1, 0.15) is 38.3 Å². The SMILES string of the molecule is CCC(CC)N(CCO)C(=O)C(N)c1ccccc1. The fourth-order valence-electron chi connectivity index (χ4n) is 2.29.